The fraction of sp³-hybridized carbons (Fsp3) is 0.222. The van der Waals surface area contributed by atoms with Crippen molar-refractivity contribution in [3.05, 3.63) is 18.3 Å². The van der Waals surface area contributed by atoms with E-state index >= 15 is 0 Å². The van der Waals surface area contributed by atoms with Crippen molar-refractivity contribution in [1.29, 1.82) is 0 Å². The summed E-state index contributed by atoms with van der Waals surface area (Å²) in [5.41, 5.74) is 5.57. The summed E-state index contributed by atoms with van der Waals surface area (Å²) in [7, 11) is 1.37. The third-order valence-corrected chi connectivity index (χ3v) is 2.21. The molecule has 0 bridgehead atoms. The van der Waals surface area contributed by atoms with Crippen LogP contribution in [0.15, 0.2) is 18.3 Å². The van der Waals surface area contributed by atoms with Crippen LogP contribution in [0.2, 0.25) is 0 Å². The van der Waals surface area contributed by atoms with Gasteiger partial charge in [-0.2, -0.15) is 5.06 Å². The van der Waals surface area contributed by atoms with Crippen LogP contribution in [0.4, 0.5) is 16.3 Å². The molecule has 1 aromatic rings. The van der Waals surface area contributed by atoms with Crippen LogP contribution in [-0.2, 0) is 9.63 Å². The smallest absolute Gasteiger partial charge is 0.320 e. The molecule has 0 unspecified atom stereocenters. The lowest BCUT2D eigenvalue weighted by atomic mass is 10.3. The van der Waals surface area contributed by atoms with Gasteiger partial charge in [0.1, 0.15) is 12.2 Å². The van der Waals surface area contributed by atoms with Gasteiger partial charge in [0.25, 0.3) is 5.91 Å². The van der Waals surface area contributed by atoms with E-state index in [0.29, 0.717) is 11.5 Å². The molecular weight excluding hydrogens is 212 g/mol. The first kappa shape index (κ1) is 10.4. The van der Waals surface area contributed by atoms with Crippen molar-refractivity contribution in [2.24, 2.45) is 5.73 Å². The van der Waals surface area contributed by atoms with Crippen molar-refractivity contribution in [2.75, 3.05) is 23.6 Å². The molecule has 2 N–H and O–H groups in total. The summed E-state index contributed by atoms with van der Waals surface area (Å²) in [5.74, 6) is -0.0572. The second-order valence-corrected chi connectivity index (χ2v) is 3.14. The first-order chi connectivity index (χ1) is 7.65. The maximum absolute atomic E-state index is 11.6. The molecule has 7 heteroatoms. The highest BCUT2D eigenvalue weighted by atomic mass is 16.7. The van der Waals surface area contributed by atoms with Crippen LogP contribution in [0.25, 0.3) is 0 Å². The molecule has 0 fully saturated rings. The summed E-state index contributed by atoms with van der Waals surface area (Å²) >= 11 is 0. The first-order valence-corrected chi connectivity index (χ1v) is 4.54. The lowest BCUT2D eigenvalue weighted by molar-refractivity contribution is -0.123. The van der Waals surface area contributed by atoms with Crippen molar-refractivity contribution in [2.45, 2.75) is 0 Å². The van der Waals surface area contributed by atoms with E-state index in [-0.39, 0.29) is 12.5 Å². The number of aromatic nitrogens is 1. The second-order valence-electron chi connectivity index (χ2n) is 3.14. The van der Waals surface area contributed by atoms with Crippen molar-refractivity contribution < 1.29 is 14.4 Å². The Hall–Kier alpha value is -2.15. The summed E-state index contributed by atoms with van der Waals surface area (Å²) in [6.45, 7) is -0.173. The number of nitrogens with zero attached hydrogens (tertiary/aromatic N) is 3. The third-order valence-electron chi connectivity index (χ3n) is 2.21. The van der Waals surface area contributed by atoms with E-state index in [4.69, 9.17) is 10.6 Å². The van der Waals surface area contributed by atoms with Crippen molar-refractivity contribution in [3.63, 3.8) is 0 Å². The van der Waals surface area contributed by atoms with Gasteiger partial charge in [0.05, 0.1) is 7.11 Å². The Morgan fingerprint density at radius 2 is 2.38 bits per heavy atom. The predicted molar refractivity (Wildman–Crippen MR) is 55.7 cm³/mol. The van der Waals surface area contributed by atoms with Gasteiger partial charge in [0.15, 0.2) is 5.82 Å². The monoisotopic (exact) mass is 222 g/mol. The molecule has 84 valence electrons. The lowest BCUT2D eigenvalue weighted by Crippen LogP contribution is -2.49. The van der Waals surface area contributed by atoms with Crippen molar-refractivity contribution in [1.82, 2.24) is 4.98 Å². The third kappa shape index (κ3) is 1.47. The largest absolute Gasteiger partial charge is 0.351 e. The number of rotatable bonds is 1. The minimum Gasteiger partial charge on any atom is -0.351 e. The number of anilines is 2. The van der Waals surface area contributed by atoms with Gasteiger partial charge < -0.3 is 5.73 Å². The lowest BCUT2D eigenvalue weighted by Gasteiger charge is -2.32. The number of carbonyl (C=O) groups excluding carboxylic acids is 2. The van der Waals surface area contributed by atoms with E-state index in [9.17, 15) is 9.59 Å². The Balaban J connectivity index is 2.53. The second kappa shape index (κ2) is 3.78. The van der Waals surface area contributed by atoms with Crippen LogP contribution in [0.3, 0.4) is 0 Å². The molecule has 1 aromatic heterocycles. The van der Waals surface area contributed by atoms with Gasteiger partial charge in [-0.25, -0.2) is 9.78 Å². The predicted octanol–water partition coefficient (Wildman–Crippen LogP) is -0.125. The fourth-order valence-electron chi connectivity index (χ4n) is 1.55. The summed E-state index contributed by atoms with van der Waals surface area (Å²) in [6.07, 6.45) is 1.51. The molecule has 7 nitrogen and oxygen atoms in total. The van der Waals surface area contributed by atoms with Crippen LogP contribution in [-0.4, -0.2) is 30.6 Å². The number of carbonyl (C=O) groups is 2. The average molecular weight is 222 g/mol. The number of nitrogens with two attached hydrogens (primary N) is 1. The molecule has 0 atom stereocenters. The molecule has 3 amide bonds. The van der Waals surface area contributed by atoms with Gasteiger partial charge >= 0.3 is 6.03 Å². The molecule has 0 spiro atoms. The number of hydrogen-bond donors (Lipinski definition) is 1. The first-order valence-electron chi connectivity index (χ1n) is 4.54. The Labute approximate surface area is 91.4 Å². The van der Waals surface area contributed by atoms with Crippen LogP contribution in [0.5, 0.6) is 0 Å². The molecule has 2 rings (SSSR count). The minimum atomic E-state index is -0.718. The summed E-state index contributed by atoms with van der Waals surface area (Å²) < 4.78 is 0. The Kier molecular flexibility index (Phi) is 2.45. The minimum absolute atomic E-state index is 0.173. The molecule has 1 aliphatic heterocycles. The van der Waals surface area contributed by atoms with E-state index in [0.717, 1.165) is 9.96 Å². The highest BCUT2D eigenvalue weighted by molar-refractivity contribution is 6.08. The van der Waals surface area contributed by atoms with Crippen LogP contribution < -0.4 is 15.7 Å². The molecule has 0 radical (unpaired) electrons. The number of hydroxylamine groups is 1. The summed E-state index contributed by atoms with van der Waals surface area (Å²) in [6, 6.07) is 2.55. The molecule has 0 saturated carbocycles. The van der Waals surface area contributed by atoms with Crippen LogP contribution in [0.1, 0.15) is 0 Å². The zero-order valence-corrected chi connectivity index (χ0v) is 8.58. The maximum Gasteiger partial charge on any atom is 0.320 e. The Bertz CT molecular complexity index is 433. The molecule has 0 saturated heterocycles. The molecular formula is C9H10N4O3. The van der Waals surface area contributed by atoms with Crippen molar-refractivity contribution >= 4 is 23.4 Å². The van der Waals surface area contributed by atoms with Crippen LogP contribution >= 0.6 is 0 Å². The van der Waals surface area contributed by atoms with E-state index in [2.05, 4.69) is 4.98 Å². The number of hydrogen-bond acceptors (Lipinski definition) is 4. The van der Waals surface area contributed by atoms with Gasteiger partial charge in [0.2, 0.25) is 0 Å². The van der Waals surface area contributed by atoms with Gasteiger partial charge in [0, 0.05) is 6.20 Å². The van der Waals surface area contributed by atoms with E-state index in [1.54, 1.807) is 12.1 Å². The topological polar surface area (TPSA) is 88.8 Å². The molecule has 2 heterocycles. The standard InChI is InChI=1S/C9H10N4O3/c1-16-13-6-3-2-4-11-8(6)12(9(10)15)5-7(13)14/h2-4H,5H2,1H3,(H2,10,15). The SMILES string of the molecule is CON1C(=O)CN(C(N)=O)c2ncccc21. The van der Waals surface area contributed by atoms with Gasteiger partial charge in [-0.3, -0.25) is 14.5 Å². The van der Waals surface area contributed by atoms with Crippen molar-refractivity contribution in [3.8, 4) is 0 Å². The number of urea groups is 1. The summed E-state index contributed by atoms with van der Waals surface area (Å²) in [4.78, 5) is 32.8. The van der Waals surface area contributed by atoms with E-state index in [1.807, 2.05) is 0 Å². The number of pyridine rings is 1. The zero-order chi connectivity index (χ0) is 11.7. The summed E-state index contributed by atoms with van der Waals surface area (Å²) in [5, 5.41) is 1.09. The highest BCUT2D eigenvalue weighted by Crippen LogP contribution is 2.30. The normalized spacial score (nSPS) is 14.9. The quantitative estimate of drug-likeness (QED) is 0.717. The highest BCUT2D eigenvalue weighted by Gasteiger charge is 2.32. The number of fused-ring (bicyclic) bond motifs is 1. The molecule has 0 aliphatic carbocycles. The van der Waals surface area contributed by atoms with Gasteiger partial charge in [-0.1, -0.05) is 0 Å². The fourth-order valence-corrected chi connectivity index (χ4v) is 1.55. The molecule has 1 aliphatic rings. The number of primary amides is 1. The van der Waals surface area contributed by atoms with E-state index < -0.39 is 6.03 Å². The Morgan fingerprint density at radius 3 is 3.00 bits per heavy atom. The van der Waals surface area contributed by atoms with Gasteiger partial charge in [-0.05, 0) is 12.1 Å². The maximum atomic E-state index is 11.6. The Morgan fingerprint density at radius 1 is 1.62 bits per heavy atom. The molecule has 0 aromatic carbocycles. The average Bonchev–Trinajstić information content (AvgIpc) is 2.28. The van der Waals surface area contributed by atoms with Gasteiger partial charge in [-0.15, -0.1) is 0 Å². The van der Waals surface area contributed by atoms with E-state index in [1.165, 1.54) is 13.3 Å². The zero-order valence-electron chi connectivity index (χ0n) is 8.58. The molecule has 16 heavy (non-hydrogen) atoms. The number of amides is 3. The van der Waals surface area contributed by atoms with Crippen LogP contribution in [0, 0.1) is 0 Å².